The summed E-state index contributed by atoms with van der Waals surface area (Å²) in [4.78, 5) is 17.6. The van der Waals surface area contributed by atoms with Crippen LogP contribution in [0.25, 0.3) is 10.2 Å². The van der Waals surface area contributed by atoms with Crippen LogP contribution in [0.2, 0.25) is 0 Å². The van der Waals surface area contributed by atoms with E-state index in [1.165, 1.54) is 16.9 Å². The van der Waals surface area contributed by atoms with Crippen molar-refractivity contribution in [3.8, 4) is 11.5 Å². The first-order valence-corrected chi connectivity index (χ1v) is 9.41. The number of para-hydroxylation sites is 2. The fourth-order valence-corrected chi connectivity index (χ4v) is 4.00. The van der Waals surface area contributed by atoms with Gasteiger partial charge >= 0.3 is 0 Å². The first-order chi connectivity index (χ1) is 12.5. The molecule has 0 saturated heterocycles. The Morgan fingerprint density at radius 3 is 2.77 bits per heavy atom. The van der Waals surface area contributed by atoms with Crippen molar-refractivity contribution in [3.05, 3.63) is 52.8 Å². The lowest BCUT2D eigenvalue weighted by Gasteiger charge is -2.23. The van der Waals surface area contributed by atoms with E-state index < -0.39 is 6.10 Å². The summed E-state index contributed by atoms with van der Waals surface area (Å²) in [6.45, 7) is 4.51. The lowest BCUT2D eigenvalue weighted by molar-refractivity contribution is -0.127. The van der Waals surface area contributed by atoms with E-state index in [4.69, 9.17) is 9.47 Å². The van der Waals surface area contributed by atoms with Gasteiger partial charge in [-0.25, -0.2) is 0 Å². The normalized spacial score (nSPS) is 17.1. The van der Waals surface area contributed by atoms with Gasteiger partial charge in [-0.15, -0.1) is 0 Å². The summed E-state index contributed by atoms with van der Waals surface area (Å²) in [5.74, 6) is 1.37. The minimum atomic E-state index is -0.721. The second kappa shape index (κ2) is 6.61. The van der Waals surface area contributed by atoms with E-state index in [2.05, 4.69) is 37.0 Å². The highest BCUT2D eigenvalue weighted by molar-refractivity contribution is 7.16. The first-order valence-electron chi connectivity index (χ1n) is 8.59. The number of thiazole rings is 1. The SMILES string of the molecule is CC(C)c1ccc2c(c1)sc(=NC(=O)[C@@H]1COc3ccccc3O1)n2C. The third-order valence-corrected chi connectivity index (χ3v) is 5.58. The molecule has 0 aliphatic carbocycles. The summed E-state index contributed by atoms with van der Waals surface area (Å²) in [6.07, 6.45) is -0.721. The highest BCUT2D eigenvalue weighted by Crippen LogP contribution is 2.31. The summed E-state index contributed by atoms with van der Waals surface area (Å²) < 4.78 is 14.4. The van der Waals surface area contributed by atoms with Gasteiger partial charge in [0.25, 0.3) is 5.91 Å². The van der Waals surface area contributed by atoms with Crippen LogP contribution in [-0.4, -0.2) is 23.2 Å². The number of ether oxygens (including phenoxy) is 2. The van der Waals surface area contributed by atoms with Crippen molar-refractivity contribution < 1.29 is 14.3 Å². The maximum Gasteiger partial charge on any atom is 0.292 e. The molecule has 5 nitrogen and oxygen atoms in total. The van der Waals surface area contributed by atoms with Gasteiger partial charge in [-0.1, -0.05) is 43.4 Å². The van der Waals surface area contributed by atoms with Gasteiger partial charge in [0.2, 0.25) is 6.10 Å². The molecule has 0 spiro atoms. The molecule has 26 heavy (non-hydrogen) atoms. The molecule has 1 amide bonds. The van der Waals surface area contributed by atoms with Gasteiger partial charge in [0.05, 0.1) is 10.2 Å². The third-order valence-electron chi connectivity index (χ3n) is 4.49. The molecule has 1 aromatic heterocycles. The summed E-state index contributed by atoms with van der Waals surface area (Å²) in [6, 6.07) is 13.7. The molecule has 1 aliphatic heterocycles. The van der Waals surface area contributed by atoms with Crippen LogP contribution in [0.3, 0.4) is 0 Å². The largest absolute Gasteiger partial charge is 0.485 e. The Morgan fingerprint density at radius 2 is 2.00 bits per heavy atom. The van der Waals surface area contributed by atoms with Crippen LogP contribution in [0.15, 0.2) is 47.5 Å². The fraction of sp³-hybridized carbons (Fsp3) is 0.300. The van der Waals surface area contributed by atoms with E-state index in [0.29, 0.717) is 22.2 Å². The van der Waals surface area contributed by atoms with Crippen LogP contribution in [0.5, 0.6) is 11.5 Å². The Labute approximate surface area is 155 Å². The van der Waals surface area contributed by atoms with Gasteiger partial charge in [-0.3, -0.25) is 4.79 Å². The number of rotatable bonds is 2. The molecule has 3 aromatic rings. The molecule has 0 bridgehead atoms. The van der Waals surface area contributed by atoms with Crippen molar-refractivity contribution in [2.45, 2.75) is 25.9 Å². The molecule has 2 heterocycles. The smallest absolute Gasteiger partial charge is 0.292 e. The summed E-state index contributed by atoms with van der Waals surface area (Å²) in [7, 11) is 1.92. The molecular weight excluding hydrogens is 348 g/mol. The van der Waals surface area contributed by atoms with Crippen LogP contribution < -0.4 is 14.3 Å². The molecule has 4 rings (SSSR count). The summed E-state index contributed by atoms with van der Waals surface area (Å²) in [5, 5.41) is 0. The van der Waals surface area contributed by atoms with Crippen LogP contribution in [0, 0.1) is 0 Å². The van der Waals surface area contributed by atoms with E-state index in [-0.39, 0.29) is 12.5 Å². The predicted octanol–water partition coefficient (Wildman–Crippen LogP) is 3.63. The molecular formula is C20H20N2O3S. The number of fused-ring (bicyclic) bond motifs is 2. The Balaban J connectivity index is 1.66. The van der Waals surface area contributed by atoms with Gasteiger partial charge < -0.3 is 14.0 Å². The molecule has 1 aliphatic rings. The monoisotopic (exact) mass is 368 g/mol. The van der Waals surface area contributed by atoms with Gasteiger partial charge in [0.1, 0.15) is 6.61 Å². The van der Waals surface area contributed by atoms with Crippen LogP contribution in [0.4, 0.5) is 0 Å². The molecule has 1 atom stereocenters. The Kier molecular flexibility index (Phi) is 4.28. The summed E-state index contributed by atoms with van der Waals surface area (Å²) in [5.41, 5.74) is 2.34. The van der Waals surface area contributed by atoms with Crippen molar-refractivity contribution in [3.63, 3.8) is 0 Å². The molecule has 0 unspecified atom stereocenters. The van der Waals surface area contributed by atoms with E-state index in [1.807, 2.05) is 29.8 Å². The highest BCUT2D eigenvalue weighted by Gasteiger charge is 2.27. The Morgan fingerprint density at radius 1 is 1.23 bits per heavy atom. The van der Waals surface area contributed by atoms with E-state index in [0.717, 1.165) is 10.2 Å². The molecule has 6 heteroatoms. The number of aryl methyl sites for hydroxylation is 1. The van der Waals surface area contributed by atoms with Gasteiger partial charge in [0.15, 0.2) is 16.3 Å². The van der Waals surface area contributed by atoms with Crippen LogP contribution in [-0.2, 0) is 11.8 Å². The minimum absolute atomic E-state index is 0.172. The number of aromatic nitrogens is 1. The second-order valence-electron chi connectivity index (χ2n) is 6.64. The lowest BCUT2D eigenvalue weighted by Crippen LogP contribution is -2.36. The number of carbonyl (C=O) groups is 1. The van der Waals surface area contributed by atoms with Crippen LogP contribution in [0.1, 0.15) is 25.3 Å². The Hall–Kier alpha value is -2.60. The zero-order valence-electron chi connectivity index (χ0n) is 14.9. The number of hydrogen-bond acceptors (Lipinski definition) is 4. The average Bonchev–Trinajstić information content (AvgIpc) is 2.96. The number of hydrogen-bond donors (Lipinski definition) is 0. The van der Waals surface area contributed by atoms with E-state index >= 15 is 0 Å². The second-order valence-corrected chi connectivity index (χ2v) is 7.65. The number of nitrogens with zero attached hydrogens (tertiary/aromatic N) is 2. The lowest BCUT2D eigenvalue weighted by atomic mass is 10.0. The third kappa shape index (κ3) is 3.01. The zero-order chi connectivity index (χ0) is 18.3. The van der Waals surface area contributed by atoms with Gasteiger partial charge in [-0.05, 0) is 35.7 Å². The minimum Gasteiger partial charge on any atom is -0.485 e. The highest BCUT2D eigenvalue weighted by atomic mass is 32.1. The number of carbonyl (C=O) groups excluding carboxylic acids is 1. The zero-order valence-corrected chi connectivity index (χ0v) is 15.7. The van der Waals surface area contributed by atoms with E-state index in [1.54, 1.807) is 6.07 Å². The molecule has 0 N–H and O–H groups in total. The molecule has 2 aromatic carbocycles. The molecule has 0 radical (unpaired) electrons. The molecule has 134 valence electrons. The fourth-order valence-electron chi connectivity index (χ4n) is 2.92. The van der Waals surface area contributed by atoms with Crippen molar-refractivity contribution in [1.82, 2.24) is 4.57 Å². The van der Waals surface area contributed by atoms with Crippen molar-refractivity contribution in [1.29, 1.82) is 0 Å². The Bertz CT molecular complexity index is 1050. The topological polar surface area (TPSA) is 52.8 Å². The van der Waals surface area contributed by atoms with E-state index in [9.17, 15) is 4.79 Å². The number of benzene rings is 2. The quantitative estimate of drug-likeness (QED) is 0.694. The number of amides is 1. The standard InChI is InChI=1S/C20H20N2O3S/c1-12(2)13-8-9-14-18(10-13)26-20(22(14)3)21-19(23)17-11-24-15-6-4-5-7-16(15)25-17/h4-10,12,17H,11H2,1-3H3/t17-/m0/s1. The van der Waals surface area contributed by atoms with Crippen molar-refractivity contribution in [2.24, 2.45) is 12.0 Å². The average molecular weight is 368 g/mol. The molecule has 0 fully saturated rings. The van der Waals surface area contributed by atoms with Crippen molar-refractivity contribution in [2.75, 3.05) is 6.61 Å². The maximum absolute atomic E-state index is 12.6. The van der Waals surface area contributed by atoms with Gasteiger partial charge in [-0.2, -0.15) is 4.99 Å². The van der Waals surface area contributed by atoms with Crippen molar-refractivity contribution >= 4 is 27.5 Å². The first kappa shape index (κ1) is 16.8. The molecule has 0 saturated carbocycles. The van der Waals surface area contributed by atoms with Gasteiger partial charge in [0, 0.05) is 7.05 Å². The summed E-state index contributed by atoms with van der Waals surface area (Å²) >= 11 is 1.51. The van der Waals surface area contributed by atoms with Crippen LogP contribution >= 0.6 is 11.3 Å². The maximum atomic E-state index is 12.6. The predicted molar refractivity (Wildman–Crippen MR) is 102 cm³/mol.